The van der Waals surface area contributed by atoms with E-state index < -0.39 is 0 Å². The SMILES string of the molecule is C[C@@H]1CCN(C(=O)CC#N)C[C@@H]1N(C)C. The van der Waals surface area contributed by atoms with Crippen LogP contribution < -0.4 is 0 Å². The molecule has 0 aromatic heterocycles. The summed E-state index contributed by atoms with van der Waals surface area (Å²) in [5.74, 6) is 0.586. The Kier molecular flexibility index (Phi) is 4.10. The van der Waals surface area contributed by atoms with Crippen molar-refractivity contribution in [2.45, 2.75) is 25.8 Å². The molecule has 2 atom stereocenters. The Morgan fingerprint density at radius 3 is 2.80 bits per heavy atom. The van der Waals surface area contributed by atoms with Crippen LogP contribution in [-0.2, 0) is 4.79 Å². The van der Waals surface area contributed by atoms with Gasteiger partial charge < -0.3 is 9.80 Å². The largest absolute Gasteiger partial charge is 0.340 e. The minimum atomic E-state index is -0.0312. The monoisotopic (exact) mass is 209 g/mol. The molecular formula is C11H19N3O. The zero-order valence-electron chi connectivity index (χ0n) is 9.73. The summed E-state index contributed by atoms with van der Waals surface area (Å²) in [5.41, 5.74) is 0. The predicted molar refractivity (Wildman–Crippen MR) is 58.1 cm³/mol. The van der Waals surface area contributed by atoms with Gasteiger partial charge in [-0.1, -0.05) is 6.92 Å². The highest BCUT2D eigenvalue weighted by molar-refractivity contribution is 5.78. The molecule has 0 N–H and O–H groups in total. The second-order valence-corrected chi connectivity index (χ2v) is 4.47. The van der Waals surface area contributed by atoms with Gasteiger partial charge in [0.25, 0.3) is 0 Å². The Morgan fingerprint density at radius 2 is 2.27 bits per heavy atom. The van der Waals surface area contributed by atoms with Crippen LogP contribution in [0.2, 0.25) is 0 Å². The predicted octanol–water partition coefficient (Wildman–Crippen LogP) is 0.699. The third kappa shape index (κ3) is 2.93. The summed E-state index contributed by atoms with van der Waals surface area (Å²) in [4.78, 5) is 15.5. The summed E-state index contributed by atoms with van der Waals surface area (Å²) in [5, 5.41) is 8.49. The van der Waals surface area contributed by atoms with Crippen molar-refractivity contribution >= 4 is 5.91 Å². The minimum absolute atomic E-state index is 0.00846. The van der Waals surface area contributed by atoms with Gasteiger partial charge in [-0.2, -0.15) is 5.26 Å². The quantitative estimate of drug-likeness (QED) is 0.672. The minimum Gasteiger partial charge on any atom is -0.340 e. The number of piperidine rings is 1. The molecule has 1 saturated heterocycles. The lowest BCUT2D eigenvalue weighted by molar-refractivity contribution is -0.132. The molecule has 1 amide bonds. The molecule has 15 heavy (non-hydrogen) atoms. The first kappa shape index (κ1) is 12.0. The number of likely N-dealkylation sites (N-methyl/N-ethyl adjacent to an activating group) is 1. The maximum Gasteiger partial charge on any atom is 0.236 e. The molecule has 0 aliphatic carbocycles. The van der Waals surface area contributed by atoms with Gasteiger partial charge in [-0.3, -0.25) is 4.79 Å². The van der Waals surface area contributed by atoms with Gasteiger partial charge in [0.05, 0.1) is 6.07 Å². The van der Waals surface area contributed by atoms with Gasteiger partial charge in [0.15, 0.2) is 0 Å². The van der Waals surface area contributed by atoms with E-state index in [0.717, 1.165) is 19.5 Å². The molecule has 0 aromatic carbocycles. The van der Waals surface area contributed by atoms with Gasteiger partial charge in [0.1, 0.15) is 6.42 Å². The smallest absolute Gasteiger partial charge is 0.236 e. The van der Waals surface area contributed by atoms with Crippen molar-refractivity contribution in [1.82, 2.24) is 9.80 Å². The van der Waals surface area contributed by atoms with Crippen molar-refractivity contribution < 1.29 is 4.79 Å². The standard InChI is InChI=1S/C11H19N3O/c1-9-5-7-14(11(15)4-6-12)8-10(9)13(2)3/h9-10H,4-5,7-8H2,1-3H3/t9-,10+/m1/s1. The summed E-state index contributed by atoms with van der Waals surface area (Å²) < 4.78 is 0. The summed E-state index contributed by atoms with van der Waals surface area (Å²) in [6, 6.07) is 2.33. The van der Waals surface area contributed by atoms with Crippen molar-refractivity contribution in [3.63, 3.8) is 0 Å². The van der Waals surface area contributed by atoms with E-state index in [1.807, 2.05) is 25.1 Å². The molecule has 0 bridgehead atoms. The van der Waals surface area contributed by atoms with Crippen LogP contribution in [-0.4, -0.2) is 48.9 Å². The van der Waals surface area contributed by atoms with Crippen molar-refractivity contribution in [2.75, 3.05) is 27.2 Å². The van der Waals surface area contributed by atoms with Gasteiger partial charge in [-0.25, -0.2) is 0 Å². The van der Waals surface area contributed by atoms with E-state index in [1.165, 1.54) is 0 Å². The first-order valence-corrected chi connectivity index (χ1v) is 5.37. The molecule has 1 aliphatic rings. The van der Waals surface area contributed by atoms with Crippen LogP contribution in [0.15, 0.2) is 0 Å². The molecule has 1 aliphatic heterocycles. The summed E-state index contributed by atoms with van der Waals surface area (Å²) in [6.45, 7) is 3.78. The lowest BCUT2D eigenvalue weighted by atomic mass is 9.92. The van der Waals surface area contributed by atoms with Crippen LogP contribution in [0.4, 0.5) is 0 Å². The molecule has 1 rings (SSSR count). The Balaban J connectivity index is 2.58. The maximum atomic E-state index is 11.6. The topological polar surface area (TPSA) is 47.3 Å². The molecule has 4 nitrogen and oxygen atoms in total. The van der Waals surface area contributed by atoms with E-state index in [2.05, 4.69) is 11.8 Å². The fourth-order valence-corrected chi connectivity index (χ4v) is 2.13. The molecule has 1 heterocycles. The highest BCUT2D eigenvalue weighted by atomic mass is 16.2. The van der Waals surface area contributed by atoms with E-state index >= 15 is 0 Å². The van der Waals surface area contributed by atoms with E-state index in [1.54, 1.807) is 0 Å². The number of carbonyl (C=O) groups is 1. The number of likely N-dealkylation sites (tertiary alicyclic amines) is 1. The summed E-state index contributed by atoms with van der Waals surface area (Å²) in [7, 11) is 4.08. The van der Waals surface area contributed by atoms with Crippen LogP contribution in [0.5, 0.6) is 0 Å². The van der Waals surface area contributed by atoms with Crippen LogP contribution in [0.25, 0.3) is 0 Å². The molecular weight excluding hydrogens is 190 g/mol. The molecule has 0 saturated carbocycles. The Morgan fingerprint density at radius 1 is 1.60 bits per heavy atom. The highest BCUT2D eigenvalue weighted by Crippen LogP contribution is 2.20. The number of hydrogen-bond donors (Lipinski definition) is 0. The molecule has 0 spiro atoms. The van der Waals surface area contributed by atoms with Crippen molar-refractivity contribution in [3.05, 3.63) is 0 Å². The fourth-order valence-electron chi connectivity index (χ4n) is 2.13. The van der Waals surface area contributed by atoms with Gasteiger partial charge in [0.2, 0.25) is 5.91 Å². The number of carbonyl (C=O) groups excluding carboxylic acids is 1. The van der Waals surface area contributed by atoms with Crippen molar-refractivity contribution in [2.24, 2.45) is 5.92 Å². The Hall–Kier alpha value is -1.08. The summed E-state index contributed by atoms with van der Waals surface area (Å²) in [6.07, 6.45) is 1.04. The van der Waals surface area contributed by atoms with Crippen LogP contribution in [0, 0.1) is 17.2 Å². The van der Waals surface area contributed by atoms with Gasteiger partial charge in [-0.05, 0) is 26.4 Å². The van der Waals surface area contributed by atoms with Crippen LogP contribution in [0.1, 0.15) is 19.8 Å². The third-order valence-corrected chi connectivity index (χ3v) is 3.16. The Bertz CT molecular complexity index is 269. The third-order valence-electron chi connectivity index (χ3n) is 3.16. The number of rotatable bonds is 2. The average Bonchev–Trinajstić information content (AvgIpc) is 2.18. The van der Waals surface area contributed by atoms with Gasteiger partial charge in [0, 0.05) is 19.1 Å². The number of nitrogens with zero attached hydrogens (tertiary/aromatic N) is 3. The molecule has 84 valence electrons. The average molecular weight is 209 g/mol. The zero-order chi connectivity index (χ0) is 11.4. The lowest BCUT2D eigenvalue weighted by Gasteiger charge is -2.40. The lowest BCUT2D eigenvalue weighted by Crippen LogP contribution is -2.51. The normalized spacial score (nSPS) is 26.5. The Labute approximate surface area is 91.5 Å². The van der Waals surface area contributed by atoms with E-state index in [-0.39, 0.29) is 12.3 Å². The van der Waals surface area contributed by atoms with Gasteiger partial charge >= 0.3 is 0 Å². The fraction of sp³-hybridized carbons (Fsp3) is 0.818. The summed E-state index contributed by atoms with van der Waals surface area (Å²) >= 11 is 0. The molecule has 0 aromatic rings. The van der Waals surface area contributed by atoms with E-state index in [0.29, 0.717) is 12.0 Å². The van der Waals surface area contributed by atoms with E-state index in [4.69, 9.17) is 5.26 Å². The first-order chi connectivity index (χ1) is 7.06. The van der Waals surface area contributed by atoms with Crippen LogP contribution >= 0.6 is 0 Å². The van der Waals surface area contributed by atoms with Crippen LogP contribution in [0.3, 0.4) is 0 Å². The van der Waals surface area contributed by atoms with Crippen molar-refractivity contribution in [3.8, 4) is 6.07 Å². The van der Waals surface area contributed by atoms with Gasteiger partial charge in [-0.15, -0.1) is 0 Å². The highest BCUT2D eigenvalue weighted by Gasteiger charge is 2.29. The molecule has 0 radical (unpaired) electrons. The maximum absolute atomic E-state index is 11.6. The second kappa shape index (κ2) is 5.13. The second-order valence-electron chi connectivity index (χ2n) is 4.47. The number of amides is 1. The molecule has 4 heteroatoms. The molecule has 0 unspecified atom stereocenters. The number of nitriles is 1. The van der Waals surface area contributed by atoms with Crippen molar-refractivity contribution in [1.29, 1.82) is 5.26 Å². The number of hydrogen-bond acceptors (Lipinski definition) is 3. The van der Waals surface area contributed by atoms with E-state index in [9.17, 15) is 4.79 Å². The molecule has 1 fully saturated rings. The zero-order valence-corrected chi connectivity index (χ0v) is 9.73. The first-order valence-electron chi connectivity index (χ1n) is 5.37.